The molecule has 2 aliphatic heterocycles. The van der Waals surface area contributed by atoms with E-state index in [1.54, 1.807) is 65.1 Å². The zero-order valence-electron chi connectivity index (χ0n) is 22.0. The van der Waals surface area contributed by atoms with Crippen LogP contribution in [0.4, 0.5) is 0 Å². The van der Waals surface area contributed by atoms with E-state index in [0.29, 0.717) is 47.1 Å². The third-order valence-electron chi connectivity index (χ3n) is 8.07. The molecule has 1 aliphatic carbocycles. The average Bonchev–Trinajstić information content (AvgIpc) is 3.41. The first-order chi connectivity index (χ1) is 19.8. The molecule has 4 heterocycles. The molecular formula is C30H27N5O4S2. The molecule has 11 heteroatoms. The molecular weight excluding hydrogens is 558 g/mol. The van der Waals surface area contributed by atoms with E-state index < -0.39 is 15.6 Å². The number of fused-ring (bicyclic) bond motifs is 1. The van der Waals surface area contributed by atoms with Gasteiger partial charge in [-0.25, -0.2) is 8.42 Å². The summed E-state index contributed by atoms with van der Waals surface area (Å²) in [6.45, 7) is 4.52. The van der Waals surface area contributed by atoms with Crippen LogP contribution in [0.15, 0.2) is 95.1 Å². The Labute approximate surface area is 242 Å². The largest absolute Gasteiger partial charge is 0.357 e. The smallest absolute Gasteiger partial charge is 0.254 e. The molecule has 2 aromatic heterocycles. The highest BCUT2D eigenvalue weighted by atomic mass is 32.2. The minimum Gasteiger partial charge on any atom is -0.357 e. The van der Waals surface area contributed by atoms with E-state index >= 15 is 0 Å². The summed E-state index contributed by atoms with van der Waals surface area (Å²) in [6, 6.07) is 15.2. The van der Waals surface area contributed by atoms with Gasteiger partial charge in [0.25, 0.3) is 15.9 Å². The van der Waals surface area contributed by atoms with Crippen LogP contribution < -0.4 is 5.32 Å². The molecule has 208 valence electrons. The number of hydrogen-bond acceptors (Lipinski definition) is 8. The summed E-state index contributed by atoms with van der Waals surface area (Å²) in [7, 11) is -3.58. The van der Waals surface area contributed by atoms with Crippen LogP contribution in [0.3, 0.4) is 0 Å². The molecule has 41 heavy (non-hydrogen) atoms. The number of aromatic nitrogens is 1. The van der Waals surface area contributed by atoms with E-state index in [4.69, 9.17) is 5.26 Å². The molecule has 1 saturated carbocycles. The number of carbonyl (C=O) groups excluding carboxylic acids is 2. The fraction of sp³-hybridized carbons (Fsp3) is 0.267. The number of thiophene rings is 1. The van der Waals surface area contributed by atoms with Crippen LogP contribution in [0, 0.1) is 23.2 Å². The highest BCUT2D eigenvalue weighted by molar-refractivity contribution is 7.91. The summed E-state index contributed by atoms with van der Waals surface area (Å²) in [4.78, 5) is 33.4. The van der Waals surface area contributed by atoms with Gasteiger partial charge in [-0.15, -0.1) is 17.9 Å². The van der Waals surface area contributed by atoms with Crippen molar-refractivity contribution in [2.75, 3.05) is 13.1 Å². The lowest BCUT2D eigenvalue weighted by atomic mass is 9.87. The number of amides is 1. The summed E-state index contributed by atoms with van der Waals surface area (Å²) >= 11 is 1.19. The van der Waals surface area contributed by atoms with Gasteiger partial charge in [0, 0.05) is 61.4 Å². The third kappa shape index (κ3) is 4.78. The highest BCUT2D eigenvalue weighted by Crippen LogP contribution is 2.53. The standard InChI is InChI=1S/C30H27N5O4S2/c1-2-11-30(16-20-9-12-32-13-10-20)29(37)35(26(33-30)15-25(36)22-7-5-21(17-31)6-8-22)28-23-18-34(19-24(23)28)41(38,39)27-4-3-14-40-27/h2-10,12-15,23-24,28,33H,1,11,16,18-19H2/t23-,24+,28+,30?. The monoisotopic (exact) mass is 585 g/mol. The maximum atomic E-state index is 14.3. The van der Waals surface area contributed by atoms with Crippen molar-refractivity contribution in [3.05, 3.63) is 108 Å². The van der Waals surface area contributed by atoms with Crippen LogP contribution >= 0.6 is 11.3 Å². The second kappa shape index (κ2) is 10.4. The first-order valence-electron chi connectivity index (χ1n) is 13.2. The van der Waals surface area contributed by atoms with Crippen LogP contribution in [-0.2, 0) is 21.2 Å². The third-order valence-corrected chi connectivity index (χ3v) is 11.3. The van der Waals surface area contributed by atoms with E-state index in [0.717, 1.165) is 5.56 Å². The normalized spacial score (nSPS) is 26.4. The van der Waals surface area contributed by atoms with Crippen molar-refractivity contribution in [3.8, 4) is 6.07 Å². The quantitative estimate of drug-likeness (QED) is 0.232. The summed E-state index contributed by atoms with van der Waals surface area (Å²) in [5.74, 6) is -0.151. The van der Waals surface area contributed by atoms with Gasteiger partial charge in [0.05, 0.1) is 11.6 Å². The molecule has 1 amide bonds. The number of piperidine rings is 1. The Morgan fingerprint density at radius 1 is 1.17 bits per heavy atom. The van der Waals surface area contributed by atoms with Gasteiger partial charge in [-0.2, -0.15) is 9.57 Å². The first-order valence-corrected chi connectivity index (χ1v) is 15.5. The number of pyridine rings is 1. The molecule has 2 saturated heterocycles. The Hall–Kier alpha value is -4.11. The highest BCUT2D eigenvalue weighted by Gasteiger charge is 2.65. The molecule has 3 aromatic rings. The number of sulfonamides is 1. The molecule has 9 nitrogen and oxygen atoms in total. The number of ketones is 1. The summed E-state index contributed by atoms with van der Waals surface area (Å²) in [5.41, 5.74) is 0.691. The van der Waals surface area contributed by atoms with Crippen molar-refractivity contribution >= 4 is 33.1 Å². The van der Waals surface area contributed by atoms with Gasteiger partial charge in [0.15, 0.2) is 5.78 Å². The Bertz CT molecular complexity index is 1670. The molecule has 3 aliphatic rings. The molecule has 6 rings (SSSR count). The molecule has 1 aromatic carbocycles. The molecule has 1 unspecified atom stereocenters. The van der Waals surface area contributed by atoms with Gasteiger partial charge < -0.3 is 5.32 Å². The van der Waals surface area contributed by atoms with Crippen LogP contribution in [0.5, 0.6) is 0 Å². The SMILES string of the molecule is C=CCC1(Cc2ccncc2)NC(=CC(=O)c2ccc(C#N)cc2)N([C@H]2[C@@H]3CN(S(=O)(=O)c4cccs4)C[C@@H]32)C1=O. The van der Waals surface area contributed by atoms with Crippen molar-refractivity contribution in [3.63, 3.8) is 0 Å². The zero-order chi connectivity index (χ0) is 28.8. The summed E-state index contributed by atoms with van der Waals surface area (Å²) in [6.07, 6.45) is 7.16. The fourth-order valence-corrected chi connectivity index (χ4v) is 8.68. The number of nitrogens with zero attached hydrogens (tertiary/aromatic N) is 4. The first kappa shape index (κ1) is 27.1. The maximum absolute atomic E-state index is 14.3. The van der Waals surface area contributed by atoms with Crippen molar-refractivity contribution in [1.82, 2.24) is 19.5 Å². The summed E-state index contributed by atoms with van der Waals surface area (Å²) < 4.78 is 28.0. The van der Waals surface area contributed by atoms with Gasteiger partial charge in [-0.1, -0.05) is 12.1 Å². The molecule has 1 N–H and O–H groups in total. The van der Waals surface area contributed by atoms with Crippen LogP contribution in [0.2, 0.25) is 0 Å². The lowest BCUT2D eigenvalue weighted by Crippen LogP contribution is -2.49. The molecule has 3 fully saturated rings. The van der Waals surface area contributed by atoms with Crippen LogP contribution in [0.25, 0.3) is 0 Å². The number of rotatable bonds is 9. The van der Waals surface area contributed by atoms with E-state index in [-0.39, 0.29) is 29.6 Å². The van der Waals surface area contributed by atoms with Gasteiger partial charge in [0.1, 0.15) is 15.6 Å². The van der Waals surface area contributed by atoms with E-state index in [1.165, 1.54) is 21.7 Å². The number of benzene rings is 1. The number of hydrogen-bond donors (Lipinski definition) is 1. The second-order valence-electron chi connectivity index (χ2n) is 10.6. The molecule has 0 radical (unpaired) electrons. The summed E-state index contributed by atoms with van der Waals surface area (Å²) in [5, 5.41) is 14.2. The molecule has 4 atom stereocenters. The second-order valence-corrected chi connectivity index (χ2v) is 13.7. The molecule has 0 bridgehead atoms. The number of nitrogens with one attached hydrogen (secondary N) is 1. The van der Waals surface area contributed by atoms with Crippen molar-refractivity contribution in [1.29, 1.82) is 5.26 Å². The Kier molecular flexibility index (Phi) is 6.85. The van der Waals surface area contributed by atoms with E-state index in [2.05, 4.69) is 16.9 Å². The molecule has 0 spiro atoms. The number of nitriles is 1. The van der Waals surface area contributed by atoms with Gasteiger partial charge in [0.2, 0.25) is 0 Å². The van der Waals surface area contributed by atoms with Gasteiger partial charge >= 0.3 is 0 Å². The van der Waals surface area contributed by atoms with Gasteiger partial charge in [-0.05, 0) is 59.8 Å². The number of allylic oxidation sites excluding steroid dienone is 1. The topological polar surface area (TPSA) is 123 Å². The lowest BCUT2D eigenvalue weighted by Gasteiger charge is -2.27. The maximum Gasteiger partial charge on any atom is 0.254 e. The average molecular weight is 586 g/mol. The van der Waals surface area contributed by atoms with Crippen molar-refractivity contribution < 1.29 is 18.0 Å². The Morgan fingerprint density at radius 3 is 2.49 bits per heavy atom. The van der Waals surface area contributed by atoms with E-state index in [9.17, 15) is 18.0 Å². The van der Waals surface area contributed by atoms with Crippen LogP contribution in [-0.4, -0.2) is 59.0 Å². The Balaban J connectivity index is 1.32. The van der Waals surface area contributed by atoms with Crippen LogP contribution in [0.1, 0.15) is 27.9 Å². The predicted octanol–water partition coefficient (Wildman–Crippen LogP) is 3.35. The predicted molar refractivity (Wildman–Crippen MR) is 153 cm³/mol. The minimum absolute atomic E-state index is 0.0376. The lowest BCUT2D eigenvalue weighted by molar-refractivity contribution is -0.132. The fourth-order valence-electron chi connectivity index (χ4n) is 6.02. The van der Waals surface area contributed by atoms with E-state index in [1.807, 2.05) is 18.2 Å². The van der Waals surface area contributed by atoms with Crippen molar-refractivity contribution in [2.45, 2.75) is 28.6 Å². The van der Waals surface area contributed by atoms with Gasteiger partial charge in [-0.3, -0.25) is 19.5 Å². The zero-order valence-corrected chi connectivity index (χ0v) is 23.6. The number of carbonyl (C=O) groups is 2. The van der Waals surface area contributed by atoms with Crippen molar-refractivity contribution in [2.24, 2.45) is 11.8 Å². The minimum atomic E-state index is -3.58. The Morgan fingerprint density at radius 2 is 1.88 bits per heavy atom.